The minimum atomic E-state index is -0.0106. The molecule has 0 saturated carbocycles. The van der Waals surface area contributed by atoms with Crippen molar-refractivity contribution in [1.82, 2.24) is 4.90 Å². The quantitative estimate of drug-likeness (QED) is 0.722. The van der Waals surface area contributed by atoms with Gasteiger partial charge in [0.1, 0.15) is 5.75 Å². The van der Waals surface area contributed by atoms with Gasteiger partial charge in [-0.3, -0.25) is 4.79 Å². The predicted octanol–water partition coefficient (Wildman–Crippen LogP) is 2.57. The summed E-state index contributed by atoms with van der Waals surface area (Å²) in [7, 11) is 3.42. The second-order valence-corrected chi connectivity index (χ2v) is 5.49. The van der Waals surface area contributed by atoms with Crippen molar-refractivity contribution in [3.8, 4) is 5.75 Å². The number of amides is 1. The number of carbonyl (C=O) groups excluding carboxylic acids is 1. The summed E-state index contributed by atoms with van der Waals surface area (Å²) in [5, 5.41) is 0. The maximum atomic E-state index is 12.2. The monoisotopic (exact) mass is 329 g/mol. The Morgan fingerprint density at radius 1 is 1.37 bits per heavy atom. The van der Waals surface area contributed by atoms with Gasteiger partial charge >= 0.3 is 0 Å². The number of hydrogen-bond donors (Lipinski definition) is 0. The molecule has 1 aromatic rings. The van der Waals surface area contributed by atoms with Gasteiger partial charge in [0, 0.05) is 26.3 Å². The molecule has 4 nitrogen and oxygen atoms in total. The highest BCUT2D eigenvalue weighted by Gasteiger charge is 2.15. The summed E-state index contributed by atoms with van der Waals surface area (Å²) in [5.41, 5.74) is 0.656. The van der Waals surface area contributed by atoms with Crippen molar-refractivity contribution >= 4 is 21.8 Å². The third kappa shape index (κ3) is 5.20. The van der Waals surface area contributed by atoms with E-state index in [1.165, 1.54) is 0 Å². The standard InChI is InChI=1S/C14H20BrNO3/c1-4-19-13-7-5-11(6-8-13)14(17)16(2)9-12(15)10-18-3/h5-8,12H,4,9-10H2,1-3H3. The average Bonchev–Trinajstić information content (AvgIpc) is 2.39. The fourth-order valence-corrected chi connectivity index (χ4v) is 2.39. The molecule has 0 aliphatic carbocycles. The molecule has 0 bridgehead atoms. The molecule has 1 aromatic carbocycles. The van der Waals surface area contributed by atoms with Gasteiger partial charge in [0.05, 0.1) is 18.0 Å². The first-order chi connectivity index (χ1) is 9.08. The molecule has 1 unspecified atom stereocenters. The molecule has 0 fully saturated rings. The molecule has 0 spiro atoms. The molecule has 0 heterocycles. The highest BCUT2D eigenvalue weighted by molar-refractivity contribution is 9.09. The third-order valence-electron chi connectivity index (χ3n) is 2.58. The molecule has 0 saturated heterocycles. The highest BCUT2D eigenvalue weighted by atomic mass is 79.9. The van der Waals surface area contributed by atoms with E-state index in [2.05, 4.69) is 15.9 Å². The number of hydrogen-bond acceptors (Lipinski definition) is 3. The lowest BCUT2D eigenvalue weighted by Gasteiger charge is -2.20. The fraction of sp³-hybridized carbons (Fsp3) is 0.500. The van der Waals surface area contributed by atoms with E-state index in [-0.39, 0.29) is 10.7 Å². The first kappa shape index (κ1) is 16.0. The van der Waals surface area contributed by atoms with Gasteiger partial charge < -0.3 is 14.4 Å². The minimum Gasteiger partial charge on any atom is -0.494 e. The van der Waals surface area contributed by atoms with Gasteiger partial charge in [-0.25, -0.2) is 0 Å². The summed E-state index contributed by atoms with van der Waals surface area (Å²) >= 11 is 3.47. The predicted molar refractivity (Wildman–Crippen MR) is 79.2 cm³/mol. The fourth-order valence-electron chi connectivity index (χ4n) is 1.69. The lowest BCUT2D eigenvalue weighted by atomic mass is 10.2. The van der Waals surface area contributed by atoms with E-state index < -0.39 is 0 Å². The Morgan fingerprint density at radius 2 is 2.00 bits per heavy atom. The van der Waals surface area contributed by atoms with Gasteiger partial charge in [0.2, 0.25) is 0 Å². The smallest absolute Gasteiger partial charge is 0.253 e. The SMILES string of the molecule is CCOc1ccc(C(=O)N(C)CC(Br)COC)cc1. The van der Waals surface area contributed by atoms with Crippen molar-refractivity contribution in [3.05, 3.63) is 29.8 Å². The number of rotatable bonds is 7. The molecule has 0 N–H and O–H groups in total. The first-order valence-corrected chi connectivity index (χ1v) is 7.11. The van der Waals surface area contributed by atoms with Gasteiger partial charge in [-0.05, 0) is 31.2 Å². The maximum absolute atomic E-state index is 12.2. The Morgan fingerprint density at radius 3 is 2.53 bits per heavy atom. The summed E-state index contributed by atoms with van der Waals surface area (Å²) in [4.78, 5) is 14.0. The summed E-state index contributed by atoms with van der Waals surface area (Å²) in [6.45, 7) is 3.72. The van der Waals surface area contributed by atoms with Crippen molar-refractivity contribution in [2.75, 3.05) is 33.9 Å². The Labute approximate surface area is 122 Å². The van der Waals surface area contributed by atoms with E-state index in [0.717, 1.165) is 5.75 Å². The van der Waals surface area contributed by atoms with Gasteiger partial charge in [0.25, 0.3) is 5.91 Å². The van der Waals surface area contributed by atoms with Crippen molar-refractivity contribution in [1.29, 1.82) is 0 Å². The molecule has 0 aliphatic rings. The van der Waals surface area contributed by atoms with Crippen molar-refractivity contribution in [3.63, 3.8) is 0 Å². The zero-order chi connectivity index (χ0) is 14.3. The number of halogens is 1. The Kier molecular flexibility index (Phi) is 6.87. The van der Waals surface area contributed by atoms with E-state index >= 15 is 0 Å². The van der Waals surface area contributed by atoms with Crippen LogP contribution in [0.5, 0.6) is 5.75 Å². The zero-order valence-corrected chi connectivity index (χ0v) is 13.1. The van der Waals surface area contributed by atoms with Gasteiger partial charge in [0.15, 0.2) is 0 Å². The van der Waals surface area contributed by atoms with Crippen LogP contribution in [0.25, 0.3) is 0 Å². The number of carbonyl (C=O) groups is 1. The summed E-state index contributed by atoms with van der Waals surface area (Å²) in [6.07, 6.45) is 0. The Hall–Kier alpha value is -1.07. The van der Waals surface area contributed by atoms with Crippen LogP contribution < -0.4 is 4.74 Å². The second kappa shape index (κ2) is 8.17. The molecule has 1 atom stereocenters. The summed E-state index contributed by atoms with van der Waals surface area (Å²) in [6, 6.07) is 7.18. The molecule has 106 valence electrons. The van der Waals surface area contributed by atoms with Gasteiger partial charge in [-0.1, -0.05) is 15.9 Å². The lowest BCUT2D eigenvalue weighted by Crippen LogP contribution is -2.33. The maximum Gasteiger partial charge on any atom is 0.253 e. The summed E-state index contributed by atoms with van der Waals surface area (Å²) < 4.78 is 10.4. The van der Waals surface area contributed by atoms with E-state index in [4.69, 9.17) is 9.47 Å². The van der Waals surface area contributed by atoms with E-state index in [0.29, 0.717) is 25.3 Å². The molecule has 1 rings (SSSR count). The van der Waals surface area contributed by atoms with Crippen molar-refractivity contribution < 1.29 is 14.3 Å². The Bertz CT molecular complexity index is 394. The van der Waals surface area contributed by atoms with Crippen LogP contribution in [0, 0.1) is 0 Å². The number of alkyl halides is 1. The number of methoxy groups -OCH3 is 1. The molecule has 5 heteroatoms. The largest absolute Gasteiger partial charge is 0.494 e. The second-order valence-electron chi connectivity index (χ2n) is 4.20. The Balaban J connectivity index is 2.60. The highest BCUT2D eigenvalue weighted by Crippen LogP contribution is 2.14. The van der Waals surface area contributed by atoms with Crippen LogP contribution in [-0.4, -0.2) is 49.6 Å². The average molecular weight is 330 g/mol. The van der Waals surface area contributed by atoms with Crippen LogP contribution in [0.2, 0.25) is 0 Å². The van der Waals surface area contributed by atoms with E-state index in [1.807, 2.05) is 19.1 Å². The molecule has 19 heavy (non-hydrogen) atoms. The van der Waals surface area contributed by atoms with Crippen LogP contribution >= 0.6 is 15.9 Å². The molecule has 0 aromatic heterocycles. The molecular formula is C14H20BrNO3. The number of benzene rings is 1. The van der Waals surface area contributed by atoms with Crippen molar-refractivity contribution in [2.24, 2.45) is 0 Å². The molecule has 0 aliphatic heterocycles. The number of ether oxygens (including phenoxy) is 2. The minimum absolute atomic E-state index is 0.0106. The topological polar surface area (TPSA) is 38.8 Å². The zero-order valence-electron chi connectivity index (χ0n) is 11.6. The van der Waals surface area contributed by atoms with Crippen LogP contribution in [0.3, 0.4) is 0 Å². The molecular weight excluding hydrogens is 310 g/mol. The molecule has 0 radical (unpaired) electrons. The van der Waals surface area contributed by atoms with Gasteiger partial charge in [-0.2, -0.15) is 0 Å². The normalized spacial score (nSPS) is 12.0. The van der Waals surface area contributed by atoms with Crippen LogP contribution in [0.1, 0.15) is 17.3 Å². The number of nitrogens with zero attached hydrogens (tertiary/aromatic N) is 1. The third-order valence-corrected chi connectivity index (χ3v) is 3.13. The van der Waals surface area contributed by atoms with Crippen LogP contribution in [0.15, 0.2) is 24.3 Å². The summed E-state index contributed by atoms with van der Waals surface area (Å²) in [5.74, 6) is 0.767. The molecule has 1 amide bonds. The lowest BCUT2D eigenvalue weighted by molar-refractivity contribution is 0.0784. The first-order valence-electron chi connectivity index (χ1n) is 6.19. The van der Waals surface area contributed by atoms with Crippen LogP contribution in [0.4, 0.5) is 0 Å². The van der Waals surface area contributed by atoms with Crippen molar-refractivity contribution in [2.45, 2.75) is 11.8 Å². The van der Waals surface area contributed by atoms with E-state index in [9.17, 15) is 4.79 Å². The van der Waals surface area contributed by atoms with Gasteiger partial charge in [-0.15, -0.1) is 0 Å². The van der Waals surface area contributed by atoms with E-state index in [1.54, 1.807) is 31.2 Å². The van der Waals surface area contributed by atoms with Crippen LogP contribution in [-0.2, 0) is 4.74 Å².